The molecule has 3 aromatic rings. The second kappa shape index (κ2) is 10.4. The molecule has 2 amide bonds. The first kappa shape index (κ1) is 24.6. The number of nitrogens with zero attached hydrogens (tertiary/aromatic N) is 3. The first-order valence-corrected chi connectivity index (χ1v) is 11.5. The van der Waals surface area contributed by atoms with E-state index in [1.165, 1.54) is 0 Å². The number of anilines is 1. The average Bonchev–Trinajstić information content (AvgIpc) is 3.42. The van der Waals surface area contributed by atoms with Crippen molar-refractivity contribution in [1.82, 2.24) is 20.1 Å². The molecule has 2 atom stereocenters. The van der Waals surface area contributed by atoms with Crippen LogP contribution in [-0.2, 0) is 29.0 Å². The number of hydrogen-bond donors (Lipinski definition) is 4. The van der Waals surface area contributed by atoms with Crippen LogP contribution in [-0.4, -0.2) is 43.7 Å². The molecule has 1 aliphatic rings. The van der Waals surface area contributed by atoms with Crippen LogP contribution in [0.3, 0.4) is 0 Å². The van der Waals surface area contributed by atoms with Crippen molar-refractivity contribution in [3.05, 3.63) is 75.3 Å². The number of benzene rings is 2. The monoisotopic (exact) mass is 516 g/mol. The Morgan fingerprint density at radius 1 is 1.11 bits per heavy atom. The summed E-state index contributed by atoms with van der Waals surface area (Å²) < 4.78 is 1.68. The van der Waals surface area contributed by atoms with Gasteiger partial charge in [0, 0.05) is 18.5 Å². The van der Waals surface area contributed by atoms with Gasteiger partial charge in [-0.2, -0.15) is 0 Å². The SMILES string of the molecule is NCc1nnc2n1C(C(=O)NC(Cc1ccc(NC(=O)c3c(Cl)cccc3Cl)cc1)C(=O)O)CC2. The molecule has 0 radical (unpaired) electrons. The molecule has 5 N–H and O–H groups in total. The van der Waals surface area contributed by atoms with E-state index < -0.39 is 29.9 Å². The summed E-state index contributed by atoms with van der Waals surface area (Å²) in [6, 6.07) is 9.64. The van der Waals surface area contributed by atoms with Crippen molar-refractivity contribution >= 4 is 46.7 Å². The van der Waals surface area contributed by atoms with Gasteiger partial charge in [0.25, 0.3) is 5.91 Å². The van der Waals surface area contributed by atoms with Gasteiger partial charge < -0.3 is 26.0 Å². The molecule has 0 fully saturated rings. The lowest BCUT2D eigenvalue weighted by Gasteiger charge is -2.19. The zero-order chi connectivity index (χ0) is 25.1. The van der Waals surface area contributed by atoms with Gasteiger partial charge in [-0.05, 0) is 36.2 Å². The number of aryl methyl sites for hydroxylation is 1. The fraction of sp³-hybridized carbons (Fsp3) is 0.261. The summed E-state index contributed by atoms with van der Waals surface area (Å²) in [5, 5.41) is 23.5. The first-order chi connectivity index (χ1) is 16.8. The van der Waals surface area contributed by atoms with E-state index >= 15 is 0 Å². The van der Waals surface area contributed by atoms with E-state index in [4.69, 9.17) is 28.9 Å². The fourth-order valence-electron chi connectivity index (χ4n) is 4.01. The van der Waals surface area contributed by atoms with E-state index in [2.05, 4.69) is 20.8 Å². The molecule has 0 saturated carbocycles. The van der Waals surface area contributed by atoms with E-state index in [9.17, 15) is 19.5 Å². The van der Waals surface area contributed by atoms with Crippen LogP contribution < -0.4 is 16.4 Å². The van der Waals surface area contributed by atoms with E-state index in [-0.39, 0.29) is 28.6 Å². The van der Waals surface area contributed by atoms with Crippen LogP contribution in [0, 0.1) is 0 Å². The second-order valence-electron chi connectivity index (χ2n) is 8.01. The van der Waals surface area contributed by atoms with Gasteiger partial charge in [-0.3, -0.25) is 9.59 Å². The number of nitrogens with one attached hydrogen (secondary N) is 2. The number of hydrogen-bond acceptors (Lipinski definition) is 6. The minimum absolute atomic E-state index is 0.0527. The van der Waals surface area contributed by atoms with Crippen LogP contribution in [0.25, 0.3) is 0 Å². The molecule has 2 aromatic carbocycles. The molecule has 4 rings (SSSR count). The zero-order valence-electron chi connectivity index (χ0n) is 18.4. The van der Waals surface area contributed by atoms with Gasteiger partial charge >= 0.3 is 5.97 Å². The molecule has 2 heterocycles. The van der Waals surface area contributed by atoms with Crippen molar-refractivity contribution in [1.29, 1.82) is 0 Å². The summed E-state index contributed by atoms with van der Waals surface area (Å²) in [6.45, 7) is 0.130. The number of carboxylic acids is 1. The molecule has 0 aliphatic carbocycles. The second-order valence-corrected chi connectivity index (χ2v) is 8.83. The van der Waals surface area contributed by atoms with Gasteiger partial charge in [0.1, 0.15) is 23.7 Å². The Morgan fingerprint density at radius 3 is 2.43 bits per heavy atom. The Hall–Kier alpha value is -3.47. The summed E-state index contributed by atoms with van der Waals surface area (Å²) in [6.07, 6.45) is 1.12. The Kier molecular flexibility index (Phi) is 7.34. The summed E-state index contributed by atoms with van der Waals surface area (Å²) in [4.78, 5) is 37.3. The molecule has 2 unspecified atom stereocenters. The lowest BCUT2D eigenvalue weighted by Crippen LogP contribution is -2.45. The molecule has 1 aliphatic heterocycles. The third-order valence-corrected chi connectivity index (χ3v) is 6.36. The lowest BCUT2D eigenvalue weighted by atomic mass is 10.0. The first-order valence-electron chi connectivity index (χ1n) is 10.8. The number of fused-ring (bicyclic) bond motifs is 1. The molecule has 0 saturated heterocycles. The maximum absolute atomic E-state index is 12.9. The van der Waals surface area contributed by atoms with E-state index in [0.29, 0.717) is 35.7 Å². The summed E-state index contributed by atoms with van der Waals surface area (Å²) >= 11 is 12.2. The number of halogens is 2. The average molecular weight is 517 g/mol. The Labute approximate surface area is 210 Å². The predicted octanol–water partition coefficient (Wildman–Crippen LogP) is 2.60. The molecule has 1 aromatic heterocycles. The molecule has 0 spiro atoms. The lowest BCUT2D eigenvalue weighted by molar-refractivity contribution is -0.142. The van der Waals surface area contributed by atoms with Crippen LogP contribution >= 0.6 is 23.2 Å². The van der Waals surface area contributed by atoms with Crippen LogP contribution in [0.5, 0.6) is 0 Å². The largest absolute Gasteiger partial charge is 0.480 e. The molecular weight excluding hydrogens is 495 g/mol. The van der Waals surface area contributed by atoms with Crippen molar-refractivity contribution in [2.45, 2.75) is 37.9 Å². The van der Waals surface area contributed by atoms with Gasteiger partial charge in [-0.15, -0.1) is 10.2 Å². The molecule has 182 valence electrons. The Morgan fingerprint density at radius 2 is 1.80 bits per heavy atom. The highest BCUT2D eigenvalue weighted by Gasteiger charge is 2.34. The van der Waals surface area contributed by atoms with Crippen LogP contribution in [0.2, 0.25) is 10.0 Å². The Bertz CT molecular complexity index is 1260. The predicted molar refractivity (Wildman–Crippen MR) is 129 cm³/mol. The van der Waals surface area contributed by atoms with Crippen LogP contribution in [0.15, 0.2) is 42.5 Å². The molecule has 0 bridgehead atoms. The molecule has 12 heteroatoms. The molecule has 35 heavy (non-hydrogen) atoms. The number of amides is 2. The third kappa shape index (κ3) is 5.29. The maximum Gasteiger partial charge on any atom is 0.326 e. The van der Waals surface area contributed by atoms with Crippen molar-refractivity contribution in [3.63, 3.8) is 0 Å². The maximum atomic E-state index is 12.9. The summed E-state index contributed by atoms with van der Waals surface area (Å²) in [7, 11) is 0. The standard InChI is InChI=1S/C23H22Cl2N6O4/c24-14-2-1-3-15(25)20(14)22(33)27-13-6-4-12(5-7-13)10-16(23(34)35)28-21(32)17-8-9-18-29-30-19(11-26)31(17)18/h1-7,16-17H,8-11,26H2,(H,27,33)(H,28,32)(H,34,35). The van der Waals surface area contributed by atoms with Gasteiger partial charge in [0.15, 0.2) is 0 Å². The minimum atomic E-state index is -1.16. The van der Waals surface area contributed by atoms with Gasteiger partial charge in [-0.25, -0.2) is 4.79 Å². The highest BCUT2D eigenvalue weighted by Crippen LogP contribution is 2.27. The van der Waals surface area contributed by atoms with Crippen LogP contribution in [0.1, 0.15) is 40.0 Å². The van der Waals surface area contributed by atoms with E-state index in [1.54, 1.807) is 47.0 Å². The van der Waals surface area contributed by atoms with E-state index in [0.717, 1.165) is 0 Å². The quantitative estimate of drug-likeness (QED) is 0.358. The topological polar surface area (TPSA) is 152 Å². The van der Waals surface area contributed by atoms with Crippen molar-refractivity contribution in [3.8, 4) is 0 Å². The van der Waals surface area contributed by atoms with Crippen molar-refractivity contribution in [2.24, 2.45) is 5.73 Å². The van der Waals surface area contributed by atoms with Gasteiger partial charge in [0.05, 0.1) is 22.2 Å². The minimum Gasteiger partial charge on any atom is -0.480 e. The number of carbonyl (C=O) groups excluding carboxylic acids is 2. The van der Waals surface area contributed by atoms with Gasteiger partial charge in [-0.1, -0.05) is 41.4 Å². The highest BCUT2D eigenvalue weighted by atomic mass is 35.5. The number of carbonyl (C=O) groups is 3. The molecule has 10 nitrogen and oxygen atoms in total. The summed E-state index contributed by atoms with van der Waals surface area (Å²) in [5.74, 6) is -0.907. The van der Waals surface area contributed by atoms with E-state index in [1.807, 2.05) is 0 Å². The van der Waals surface area contributed by atoms with Gasteiger partial charge in [0.2, 0.25) is 5.91 Å². The number of aliphatic carboxylic acids is 1. The number of aromatic nitrogens is 3. The highest BCUT2D eigenvalue weighted by molar-refractivity contribution is 6.40. The Balaban J connectivity index is 1.41. The number of rotatable bonds is 8. The number of nitrogens with two attached hydrogens (primary N) is 1. The normalized spacial score (nSPS) is 15.3. The zero-order valence-corrected chi connectivity index (χ0v) is 19.9. The smallest absolute Gasteiger partial charge is 0.326 e. The van der Waals surface area contributed by atoms with Crippen molar-refractivity contribution < 1.29 is 19.5 Å². The third-order valence-electron chi connectivity index (χ3n) is 5.73. The fourth-order valence-corrected chi connectivity index (χ4v) is 4.58. The van der Waals surface area contributed by atoms with Crippen LogP contribution in [0.4, 0.5) is 5.69 Å². The van der Waals surface area contributed by atoms with Crippen molar-refractivity contribution in [2.75, 3.05) is 5.32 Å². The molecular formula is C23H22Cl2N6O4. The number of carboxylic acid groups (broad SMARTS) is 1. The summed E-state index contributed by atoms with van der Waals surface area (Å²) in [5.41, 5.74) is 6.98.